The van der Waals surface area contributed by atoms with Crippen LogP contribution in [0.25, 0.3) is 11.3 Å². The largest absolute Gasteiger partial charge is 0.508 e. The number of hydrogen-bond donors (Lipinski definition) is 2. The topological polar surface area (TPSA) is 62.2 Å². The smallest absolute Gasteiger partial charge is 0.399 e. The molecule has 2 aliphatic rings. The zero-order chi connectivity index (χ0) is 27.0. The molecule has 3 atom stereocenters. The molecule has 1 fully saturated rings. The number of phenols is 2. The van der Waals surface area contributed by atoms with E-state index in [4.69, 9.17) is 9.47 Å². The van der Waals surface area contributed by atoms with E-state index in [1.807, 2.05) is 0 Å². The van der Waals surface area contributed by atoms with E-state index in [0.29, 0.717) is 23.8 Å². The van der Waals surface area contributed by atoms with Crippen molar-refractivity contribution in [3.05, 3.63) is 83.4 Å². The maximum absolute atomic E-state index is 14.6. The van der Waals surface area contributed by atoms with E-state index in [1.54, 1.807) is 24.3 Å². The number of benzene rings is 3. The van der Waals surface area contributed by atoms with Gasteiger partial charge in [-0.25, -0.2) is 0 Å². The normalized spacial score (nSPS) is 20.7. The van der Waals surface area contributed by atoms with Gasteiger partial charge in [0.15, 0.2) is 0 Å². The monoisotopic (exact) mass is 525 g/mol. The quantitative estimate of drug-likeness (QED) is 0.370. The van der Waals surface area contributed by atoms with E-state index in [2.05, 4.69) is 18.7 Å². The molecule has 5 rings (SSSR count). The Balaban J connectivity index is 1.51. The van der Waals surface area contributed by atoms with Gasteiger partial charge in [-0.15, -0.1) is 0 Å². The Kier molecular flexibility index (Phi) is 7.01. The van der Waals surface area contributed by atoms with E-state index >= 15 is 0 Å². The Labute approximate surface area is 219 Å². The van der Waals surface area contributed by atoms with Crippen molar-refractivity contribution in [3.63, 3.8) is 0 Å². The van der Waals surface area contributed by atoms with Crippen LogP contribution < -0.4 is 9.47 Å². The van der Waals surface area contributed by atoms with Crippen molar-refractivity contribution in [2.75, 3.05) is 19.7 Å². The van der Waals surface area contributed by atoms with Crippen LogP contribution in [0.2, 0.25) is 0 Å². The summed E-state index contributed by atoms with van der Waals surface area (Å²) in [7, 11) is 0. The lowest BCUT2D eigenvalue weighted by Crippen LogP contribution is -2.35. The van der Waals surface area contributed by atoms with Gasteiger partial charge in [0, 0.05) is 29.3 Å². The van der Waals surface area contributed by atoms with Crippen LogP contribution in [-0.4, -0.2) is 47.0 Å². The summed E-state index contributed by atoms with van der Waals surface area (Å²) >= 11 is 0. The Morgan fingerprint density at radius 1 is 1.00 bits per heavy atom. The van der Waals surface area contributed by atoms with Crippen LogP contribution >= 0.6 is 0 Å². The van der Waals surface area contributed by atoms with Crippen LogP contribution in [0.1, 0.15) is 42.9 Å². The molecule has 200 valence electrons. The predicted molar refractivity (Wildman–Crippen MR) is 139 cm³/mol. The van der Waals surface area contributed by atoms with Gasteiger partial charge in [-0.3, -0.25) is 4.90 Å². The second kappa shape index (κ2) is 10.3. The molecule has 0 saturated carbocycles. The average Bonchev–Trinajstić information content (AvgIpc) is 3.32. The standard InChI is InChI=1S/C30H30F3NO4/c1-18-12-13-34(16-18)19(2)17-37-24-9-6-20(7-10-24)29-27(21-4-3-5-22(35)14-21)28(30(31,32)33)25-15-23(36)8-11-26(25)38-29/h3-11,14-15,18-19,28,35-36H,12-13,16-17H2,1-2H3. The fourth-order valence-electron chi connectivity index (χ4n) is 5.23. The summed E-state index contributed by atoms with van der Waals surface area (Å²) in [6, 6.07) is 16.4. The number of ether oxygens (including phenoxy) is 2. The molecular weight excluding hydrogens is 495 g/mol. The number of rotatable bonds is 6. The summed E-state index contributed by atoms with van der Waals surface area (Å²) in [5, 5.41) is 20.0. The lowest BCUT2D eigenvalue weighted by molar-refractivity contribution is -0.137. The van der Waals surface area contributed by atoms with Gasteiger partial charge in [-0.05, 0) is 86.0 Å². The Morgan fingerprint density at radius 3 is 2.39 bits per heavy atom. The molecule has 0 amide bonds. The fourth-order valence-corrected chi connectivity index (χ4v) is 5.23. The Hall–Kier alpha value is -3.65. The maximum atomic E-state index is 14.6. The van der Waals surface area contributed by atoms with Crippen LogP contribution in [0.5, 0.6) is 23.0 Å². The van der Waals surface area contributed by atoms with E-state index in [1.165, 1.54) is 42.8 Å². The minimum Gasteiger partial charge on any atom is -0.508 e. The van der Waals surface area contributed by atoms with Crippen LogP contribution in [0.15, 0.2) is 66.7 Å². The lowest BCUT2D eigenvalue weighted by Gasteiger charge is -2.32. The third-order valence-electron chi connectivity index (χ3n) is 7.22. The van der Waals surface area contributed by atoms with Gasteiger partial charge in [0.2, 0.25) is 0 Å². The molecule has 1 saturated heterocycles. The van der Waals surface area contributed by atoms with Gasteiger partial charge in [0.05, 0.1) is 0 Å². The number of likely N-dealkylation sites (tertiary alicyclic amines) is 1. The van der Waals surface area contributed by atoms with Gasteiger partial charge in [0.1, 0.15) is 41.3 Å². The van der Waals surface area contributed by atoms with Crippen molar-refractivity contribution >= 4 is 11.3 Å². The fraction of sp³-hybridized carbons (Fsp3) is 0.333. The van der Waals surface area contributed by atoms with E-state index < -0.39 is 12.1 Å². The molecule has 0 aliphatic carbocycles. The summed E-state index contributed by atoms with van der Waals surface area (Å²) in [4.78, 5) is 2.40. The number of allylic oxidation sites excluding steroid dienone is 1. The molecule has 3 aromatic rings. The summed E-state index contributed by atoms with van der Waals surface area (Å²) in [5.41, 5.74) is 0.275. The highest BCUT2D eigenvalue weighted by Gasteiger charge is 2.49. The highest BCUT2D eigenvalue weighted by atomic mass is 19.4. The number of aromatic hydroxyl groups is 2. The molecule has 0 radical (unpaired) electrons. The van der Waals surface area contributed by atoms with Crippen molar-refractivity contribution in [3.8, 4) is 23.0 Å². The van der Waals surface area contributed by atoms with Gasteiger partial charge >= 0.3 is 6.18 Å². The summed E-state index contributed by atoms with van der Waals surface area (Å²) in [5.74, 6) is -1.20. The molecule has 2 heterocycles. The maximum Gasteiger partial charge on any atom is 0.399 e. The van der Waals surface area contributed by atoms with E-state index in [0.717, 1.165) is 19.2 Å². The molecule has 2 N–H and O–H groups in total. The molecule has 0 spiro atoms. The number of hydrogen-bond acceptors (Lipinski definition) is 5. The first-order valence-corrected chi connectivity index (χ1v) is 12.7. The minimum atomic E-state index is -4.69. The molecule has 8 heteroatoms. The molecule has 2 aliphatic heterocycles. The number of alkyl halides is 3. The minimum absolute atomic E-state index is 0.0121. The highest BCUT2D eigenvalue weighted by molar-refractivity contribution is 5.94. The Morgan fingerprint density at radius 2 is 1.74 bits per heavy atom. The third-order valence-corrected chi connectivity index (χ3v) is 7.22. The number of phenolic OH excluding ortho intramolecular Hbond substituents is 2. The lowest BCUT2D eigenvalue weighted by atomic mass is 9.81. The van der Waals surface area contributed by atoms with Crippen molar-refractivity contribution < 1.29 is 32.9 Å². The van der Waals surface area contributed by atoms with E-state index in [-0.39, 0.29) is 45.7 Å². The molecule has 5 nitrogen and oxygen atoms in total. The third kappa shape index (κ3) is 5.31. The number of nitrogens with zero attached hydrogens (tertiary/aromatic N) is 1. The molecule has 0 aromatic heterocycles. The van der Waals surface area contributed by atoms with Gasteiger partial charge in [-0.1, -0.05) is 19.1 Å². The molecule has 3 unspecified atom stereocenters. The molecule has 0 bridgehead atoms. The first kappa shape index (κ1) is 26.0. The predicted octanol–water partition coefficient (Wildman–Crippen LogP) is 6.81. The van der Waals surface area contributed by atoms with Gasteiger partial charge < -0.3 is 19.7 Å². The SMILES string of the molecule is CC1CCN(C(C)COc2ccc(C3=C(c4cccc(O)c4)C(C(F)(F)F)c4cc(O)ccc4O3)cc2)C1. The van der Waals surface area contributed by atoms with E-state index in [9.17, 15) is 23.4 Å². The number of fused-ring (bicyclic) bond motifs is 1. The van der Waals surface area contributed by atoms with Crippen molar-refractivity contribution in [1.29, 1.82) is 0 Å². The zero-order valence-electron chi connectivity index (χ0n) is 21.2. The molecule has 3 aromatic carbocycles. The van der Waals surface area contributed by atoms with Crippen LogP contribution in [0, 0.1) is 5.92 Å². The second-order valence-corrected chi connectivity index (χ2v) is 10.2. The van der Waals surface area contributed by atoms with Gasteiger partial charge in [0.25, 0.3) is 0 Å². The second-order valence-electron chi connectivity index (χ2n) is 10.2. The zero-order valence-corrected chi connectivity index (χ0v) is 21.2. The highest BCUT2D eigenvalue weighted by Crippen LogP contribution is 2.54. The van der Waals surface area contributed by atoms with Crippen LogP contribution in [0.3, 0.4) is 0 Å². The molecule has 38 heavy (non-hydrogen) atoms. The average molecular weight is 526 g/mol. The van der Waals surface area contributed by atoms with Crippen LogP contribution in [0.4, 0.5) is 13.2 Å². The summed E-state index contributed by atoms with van der Waals surface area (Å²) in [6.45, 7) is 6.97. The van der Waals surface area contributed by atoms with Crippen molar-refractivity contribution in [1.82, 2.24) is 4.90 Å². The Bertz CT molecular complexity index is 1340. The van der Waals surface area contributed by atoms with Gasteiger partial charge in [-0.2, -0.15) is 13.2 Å². The van der Waals surface area contributed by atoms with Crippen molar-refractivity contribution in [2.45, 2.75) is 38.4 Å². The summed E-state index contributed by atoms with van der Waals surface area (Å²) in [6.07, 6.45) is -3.51. The number of halogens is 3. The first-order valence-electron chi connectivity index (χ1n) is 12.7. The van der Waals surface area contributed by atoms with Crippen molar-refractivity contribution in [2.24, 2.45) is 5.92 Å². The molecular formula is C30H30F3NO4. The first-order chi connectivity index (χ1) is 18.1. The van der Waals surface area contributed by atoms with Crippen LogP contribution in [-0.2, 0) is 0 Å². The summed E-state index contributed by atoms with van der Waals surface area (Å²) < 4.78 is 55.9.